The highest BCUT2D eigenvalue weighted by Gasteiger charge is 1.94. The van der Waals surface area contributed by atoms with E-state index < -0.39 is 0 Å². The van der Waals surface area contributed by atoms with Crippen molar-refractivity contribution < 1.29 is 4.79 Å². The summed E-state index contributed by atoms with van der Waals surface area (Å²) in [5, 5.41) is 3.84. The van der Waals surface area contributed by atoms with Crippen LogP contribution in [0.3, 0.4) is 0 Å². The highest BCUT2D eigenvalue weighted by atomic mass is 35.5. The van der Waals surface area contributed by atoms with E-state index in [-0.39, 0.29) is 5.78 Å². The lowest BCUT2D eigenvalue weighted by Gasteiger charge is -2.03. The quantitative estimate of drug-likeness (QED) is 0.804. The molecule has 0 bridgehead atoms. The third-order valence-corrected chi connectivity index (χ3v) is 1.90. The minimum absolute atomic E-state index is 0.196. The maximum Gasteiger partial charge on any atom is 0.131 e. The van der Waals surface area contributed by atoms with Crippen LogP contribution in [-0.4, -0.2) is 12.3 Å². The first-order valence-corrected chi connectivity index (χ1v) is 4.55. The third-order valence-electron chi connectivity index (χ3n) is 1.65. The molecule has 0 aliphatic rings. The van der Waals surface area contributed by atoms with Crippen LogP contribution in [0.15, 0.2) is 24.3 Å². The molecule has 0 aromatic heterocycles. The number of nitrogens with one attached hydrogen (secondary N) is 1. The molecule has 1 aromatic rings. The zero-order valence-corrected chi connectivity index (χ0v) is 8.27. The van der Waals surface area contributed by atoms with Crippen molar-refractivity contribution in [3.05, 3.63) is 29.3 Å². The van der Waals surface area contributed by atoms with Gasteiger partial charge in [-0.3, -0.25) is 4.79 Å². The highest BCUT2D eigenvalue weighted by molar-refractivity contribution is 6.30. The first-order chi connectivity index (χ1) is 6.18. The summed E-state index contributed by atoms with van der Waals surface area (Å²) in [5.74, 6) is 0.196. The molecule has 70 valence electrons. The van der Waals surface area contributed by atoms with Crippen molar-refractivity contribution in [2.24, 2.45) is 0 Å². The van der Waals surface area contributed by atoms with Crippen LogP contribution in [0.4, 0.5) is 5.69 Å². The number of hydrogen-bond donors (Lipinski definition) is 1. The smallest absolute Gasteiger partial charge is 0.131 e. The molecule has 1 N–H and O–H groups in total. The van der Waals surface area contributed by atoms with Gasteiger partial charge in [0.15, 0.2) is 0 Å². The Labute approximate surface area is 82.9 Å². The second-order valence-electron chi connectivity index (χ2n) is 2.89. The van der Waals surface area contributed by atoms with Gasteiger partial charge in [-0.15, -0.1) is 0 Å². The van der Waals surface area contributed by atoms with Gasteiger partial charge in [-0.1, -0.05) is 11.6 Å². The van der Waals surface area contributed by atoms with Crippen molar-refractivity contribution in [3.63, 3.8) is 0 Å². The van der Waals surface area contributed by atoms with Crippen LogP contribution in [0.25, 0.3) is 0 Å². The minimum atomic E-state index is 0.196. The first kappa shape index (κ1) is 10.1. The molecular weight excluding hydrogens is 186 g/mol. The van der Waals surface area contributed by atoms with E-state index in [1.807, 2.05) is 24.3 Å². The van der Waals surface area contributed by atoms with Crippen molar-refractivity contribution in [1.82, 2.24) is 0 Å². The average molecular weight is 198 g/mol. The van der Waals surface area contributed by atoms with E-state index in [1.165, 1.54) is 0 Å². The topological polar surface area (TPSA) is 29.1 Å². The Hall–Kier alpha value is -1.02. The molecule has 0 fully saturated rings. The number of ketones is 1. The standard InChI is InChI=1S/C10H12ClNO/c1-8(13)6-7-12-10-4-2-9(11)3-5-10/h2-5,12H,6-7H2,1H3. The lowest BCUT2D eigenvalue weighted by molar-refractivity contribution is -0.116. The van der Waals surface area contributed by atoms with E-state index >= 15 is 0 Å². The molecule has 0 spiro atoms. The molecular formula is C10H12ClNO. The van der Waals surface area contributed by atoms with Crippen LogP contribution >= 0.6 is 11.6 Å². The Bertz CT molecular complexity index is 281. The number of benzene rings is 1. The fourth-order valence-electron chi connectivity index (χ4n) is 0.951. The lowest BCUT2D eigenvalue weighted by Crippen LogP contribution is -2.05. The molecule has 0 saturated heterocycles. The Morgan fingerprint density at radius 1 is 1.38 bits per heavy atom. The van der Waals surface area contributed by atoms with Crippen LogP contribution in [0.2, 0.25) is 5.02 Å². The minimum Gasteiger partial charge on any atom is -0.385 e. The van der Waals surface area contributed by atoms with Crippen LogP contribution < -0.4 is 5.32 Å². The monoisotopic (exact) mass is 197 g/mol. The van der Waals surface area contributed by atoms with Gasteiger partial charge in [-0.2, -0.15) is 0 Å². The zero-order valence-electron chi connectivity index (χ0n) is 7.51. The Morgan fingerprint density at radius 3 is 2.54 bits per heavy atom. The summed E-state index contributed by atoms with van der Waals surface area (Å²) in [6.45, 7) is 2.26. The number of carbonyl (C=O) groups is 1. The van der Waals surface area contributed by atoms with Crippen molar-refractivity contribution in [2.45, 2.75) is 13.3 Å². The van der Waals surface area contributed by atoms with E-state index in [9.17, 15) is 4.79 Å². The molecule has 0 heterocycles. The van der Waals surface area contributed by atoms with Crippen LogP contribution in [0, 0.1) is 0 Å². The van der Waals surface area contributed by atoms with Gasteiger partial charge in [0.05, 0.1) is 0 Å². The Morgan fingerprint density at radius 2 is 2.00 bits per heavy atom. The van der Waals surface area contributed by atoms with E-state index in [1.54, 1.807) is 6.92 Å². The SMILES string of the molecule is CC(=O)CCNc1ccc(Cl)cc1. The van der Waals surface area contributed by atoms with E-state index in [2.05, 4.69) is 5.32 Å². The second-order valence-corrected chi connectivity index (χ2v) is 3.32. The Balaban J connectivity index is 2.37. The lowest BCUT2D eigenvalue weighted by atomic mass is 10.3. The van der Waals surface area contributed by atoms with Crippen molar-refractivity contribution in [3.8, 4) is 0 Å². The zero-order chi connectivity index (χ0) is 9.68. The van der Waals surface area contributed by atoms with Gasteiger partial charge in [0.2, 0.25) is 0 Å². The summed E-state index contributed by atoms with van der Waals surface area (Å²) >= 11 is 5.71. The van der Waals surface area contributed by atoms with Crippen molar-refractivity contribution in [1.29, 1.82) is 0 Å². The number of hydrogen-bond acceptors (Lipinski definition) is 2. The summed E-state index contributed by atoms with van der Waals surface area (Å²) in [6.07, 6.45) is 0.558. The molecule has 1 rings (SSSR count). The number of rotatable bonds is 4. The first-order valence-electron chi connectivity index (χ1n) is 4.17. The predicted molar refractivity (Wildman–Crippen MR) is 55.2 cm³/mol. The summed E-state index contributed by atoms with van der Waals surface area (Å²) in [7, 11) is 0. The Kier molecular flexibility index (Phi) is 3.77. The molecule has 0 aliphatic carbocycles. The number of Topliss-reactive ketones (excluding diaryl/α,β-unsaturated/α-hetero) is 1. The van der Waals surface area contributed by atoms with Crippen LogP contribution in [0.5, 0.6) is 0 Å². The molecule has 0 unspecified atom stereocenters. The molecule has 3 heteroatoms. The highest BCUT2D eigenvalue weighted by Crippen LogP contribution is 2.12. The normalized spacial score (nSPS) is 9.69. The van der Waals surface area contributed by atoms with Gasteiger partial charge in [0.25, 0.3) is 0 Å². The van der Waals surface area contributed by atoms with Crippen molar-refractivity contribution in [2.75, 3.05) is 11.9 Å². The molecule has 2 nitrogen and oxygen atoms in total. The molecule has 0 saturated carbocycles. The molecule has 13 heavy (non-hydrogen) atoms. The average Bonchev–Trinajstić information content (AvgIpc) is 2.08. The molecule has 1 aromatic carbocycles. The summed E-state index contributed by atoms with van der Waals surface area (Å²) < 4.78 is 0. The maximum atomic E-state index is 10.6. The van der Waals surface area contributed by atoms with Gasteiger partial charge in [-0.05, 0) is 31.2 Å². The van der Waals surface area contributed by atoms with E-state index in [0.29, 0.717) is 13.0 Å². The van der Waals surface area contributed by atoms with Crippen LogP contribution in [0.1, 0.15) is 13.3 Å². The summed E-state index contributed by atoms with van der Waals surface area (Å²) in [6, 6.07) is 7.42. The molecule has 0 atom stereocenters. The van der Waals surface area contributed by atoms with Crippen molar-refractivity contribution >= 4 is 23.1 Å². The van der Waals surface area contributed by atoms with E-state index in [4.69, 9.17) is 11.6 Å². The van der Waals surface area contributed by atoms with Gasteiger partial charge in [0.1, 0.15) is 5.78 Å². The van der Waals surface area contributed by atoms with Crippen LogP contribution in [-0.2, 0) is 4.79 Å². The van der Waals surface area contributed by atoms with E-state index in [0.717, 1.165) is 10.7 Å². The fraction of sp³-hybridized carbons (Fsp3) is 0.300. The molecule has 0 amide bonds. The molecule has 0 radical (unpaired) electrons. The fourth-order valence-corrected chi connectivity index (χ4v) is 1.08. The predicted octanol–water partition coefficient (Wildman–Crippen LogP) is 2.73. The second kappa shape index (κ2) is 4.87. The maximum absolute atomic E-state index is 10.6. The summed E-state index contributed by atoms with van der Waals surface area (Å²) in [5.41, 5.74) is 0.991. The number of carbonyl (C=O) groups excluding carboxylic acids is 1. The number of halogens is 1. The largest absolute Gasteiger partial charge is 0.385 e. The summed E-state index contributed by atoms with van der Waals surface area (Å²) in [4.78, 5) is 10.6. The molecule has 0 aliphatic heterocycles. The number of anilines is 1. The third kappa shape index (κ3) is 3.95. The van der Waals surface area contributed by atoms with Gasteiger partial charge < -0.3 is 5.32 Å². The van der Waals surface area contributed by atoms with Gasteiger partial charge >= 0.3 is 0 Å². The van der Waals surface area contributed by atoms with Gasteiger partial charge in [-0.25, -0.2) is 0 Å². The van der Waals surface area contributed by atoms with Gasteiger partial charge in [0, 0.05) is 23.7 Å².